The van der Waals surface area contributed by atoms with E-state index in [1.807, 2.05) is 18.2 Å². The molecule has 0 spiro atoms. The summed E-state index contributed by atoms with van der Waals surface area (Å²) in [4.78, 5) is 24.3. The molecule has 0 aliphatic heterocycles. The Kier molecular flexibility index (Phi) is 3.30. The summed E-state index contributed by atoms with van der Waals surface area (Å²) in [6.07, 6.45) is 0. The fourth-order valence-electron chi connectivity index (χ4n) is 1.83. The van der Waals surface area contributed by atoms with Crippen LogP contribution in [0.25, 0.3) is 10.9 Å². The predicted molar refractivity (Wildman–Crippen MR) is 75.0 cm³/mol. The summed E-state index contributed by atoms with van der Waals surface area (Å²) in [5, 5.41) is 9.16. The maximum Gasteiger partial charge on any atom is 0.359 e. The third-order valence-corrected chi connectivity index (χ3v) is 3.70. The van der Waals surface area contributed by atoms with Crippen LogP contribution in [0.15, 0.2) is 41.8 Å². The van der Waals surface area contributed by atoms with Gasteiger partial charge in [0.25, 0.3) is 0 Å². The molecule has 0 bridgehead atoms. The SMILES string of the molecule is O=C(COC(=O)c1n[nH]c2ccccc12)c1cccs1. The van der Waals surface area contributed by atoms with Crippen molar-refractivity contribution in [2.24, 2.45) is 0 Å². The lowest BCUT2D eigenvalue weighted by Crippen LogP contribution is -2.14. The topological polar surface area (TPSA) is 72.1 Å². The molecule has 0 saturated heterocycles. The number of thiophene rings is 1. The Balaban J connectivity index is 1.72. The molecule has 0 fully saturated rings. The number of ketones is 1. The number of carbonyl (C=O) groups is 2. The van der Waals surface area contributed by atoms with Crippen LogP contribution in [0.1, 0.15) is 20.2 Å². The maximum absolute atomic E-state index is 11.9. The van der Waals surface area contributed by atoms with E-state index in [1.165, 1.54) is 11.3 Å². The van der Waals surface area contributed by atoms with E-state index in [0.717, 1.165) is 5.52 Å². The Morgan fingerprint density at radius 1 is 1.20 bits per heavy atom. The second kappa shape index (κ2) is 5.26. The molecule has 0 atom stereocenters. The Hall–Kier alpha value is -2.47. The lowest BCUT2D eigenvalue weighted by atomic mass is 10.2. The van der Waals surface area contributed by atoms with Crippen molar-refractivity contribution in [2.45, 2.75) is 0 Å². The van der Waals surface area contributed by atoms with Gasteiger partial charge in [-0.05, 0) is 17.5 Å². The first kappa shape index (κ1) is 12.6. The highest BCUT2D eigenvalue weighted by molar-refractivity contribution is 7.12. The number of fused-ring (bicyclic) bond motifs is 1. The molecular formula is C14H10N2O3S. The third-order valence-electron chi connectivity index (χ3n) is 2.79. The van der Waals surface area contributed by atoms with Gasteiger partial charge in [-0.25, -0.2) is 4.79 Å². The number of para-hydroxylation sites is 1. The molecule has 100 valence electrons. The summed E-state index contributed by atoms with van der Waals surface area (Å²) in [5.41, 5.74) is 0.948. The summed E-state index contributed by atoms with van der Waals surface area (Å²) in [6, 6.07) is 10.7. The number of aromatic amines is 1. The molecule has 0 amide bonds. The Morgan fingerprint density at radius 3 is 2.85 bits per heavy atom. The first-order valence-electron chi connectivity index (χ1n) is 5.92. The van der Waals surface area contributed by atoms with Gasteiger partial charge in [-0.1, -0.05) is 24.3 Å². The van der Waals surface area contributed by atoms with Crippen molar-refractivity contribution in [2.75, 3.05) is 6.61 Å². The molecule has 2 heterocycles. The van der Waals surface area contributed by atoms with Gasteiger partial charge in [0.05, 0.1) is 10.4 Å². The van der Waals surface area contributed by atoms with Crippen molar-refractivity contribution in [3.8, 4) is 0 Å². The van der Waals surface area contributed by atoms with Crippen LogP contribution in [0, 0.1) is 0 Å². The summed E-state index contributed by atoms with van der Waals surface area (Å²) >= 11 is 1.32. The molecule has 0 unspecified atom stereocenters. The van der Waals surface area contributed by atoms with E-state index in [9.17, 15) is 9.59 Å². The van der Waals surface area contributed by atoms with Crippen LogP contribution in [-0.4, -0.2) is 28.6 Å². The van der Waals surface area contributed by atoms with Gasteiger partial charge in [-0.3, -0.25) is 9.89 Å². The average Bonchev–Trinajstić information content (AvgIpc) is 3.13. The van der Waals surface area contributed by atoms with E-state index in [4.69, 9.17) is 4.74 Å². The highest BCUT2D eigenvalue weighted by Crippen LogP contribution is 2.16. The molecule has 20 heavy (non-hydrogen) atoms. The molecule has 0 saturated carbocycles. The van der Waals surface area contributed by atoms with Gasteiger partial charge in [-0.2, -0.15) is 5.10 Å². The third kappa shape index (κ3) is 2.33. The molecule has 1 N–H and O–H groups in total. The van der Waals surface area contributed by atoms with E-state index in [-0.39, 0.29) is 18.1 Å². The van der Waals surface area contributed by atoms with Crippen LogP contribution >= 0.6 is 11.3 Å². The van der Waals surface area contributed by atoms with Gasteiger partial charge in [-0.15, -0.1) is 11.3 Å². The van der Waals surface area contributed by atoms with E-state index < -0.39 is 5.97 Å². The first-order valence-corrected chi connectivity index (χ1v) is 6.80. The highest BCUT2D eigenvalue weighted by Gasteiger charge is 2.17. The minimum atomic E-state index is -0.604. The summed E-state index contributed by atoms with van der Waals surface area (Å²) in [6.45, 7) is -0.277. The first-order chi connectivity index (χ1) is 9.75. The summed E-state index contributed by atoms with van der Waals surface area (Å²) in [7, 11) is 0. The van der Waals surface area contributed by atoms with Gasteiger partial charge in [0.1, 0.15) is 0 Å². The standard InChI is InChI=1S/C14H10N2O3S/c17-11(12-6-3-7-20-12)8-19-14(18)13-9-4-1-2-5-10(9)15-16-13/h1-7H,8H2,(H,15,16). The molecule has 0 aliphatic carbocycles. The van der Waals surface area contributed by atoms with Crippen molar-refractivity contribution in [3.05, 3.63) is 52.3 Å². The van der Waals surface area contributed by atoms with Crippen LogP contribution < -0.4 is 0 Å². The normalized spacial score (nSPS) is 10.6. The van der Waals surface area contributed by atoms with Gasteiger partial charge < -0.3 is 4.74 Å². The number of Topliss-reactive ketones (excluding diaryl/α,β-unsaturated/α-hetero) is 1. The molecule has 5 nitrogen and oxygen atoms in total. The fraction of sp³-hybridized carbons (Fsp3) is 0.0714. The van der Waals surface area contributed by atoms with Crippen LogP contribution in [0.2, 0.25) is 0 Å². The number of nitrogens with one attached hydrogen (secondary N) is 1. The van der Waals surface area contributed by atoms with E-state index in [1.54, 1.807) is 23.6 Å². The highest BCUT2D eigenvalue weighted by atomic mass is 32.1. The number of esters is 1. The lowest BCUT2D eigenvalue weighted by Gasteiger charge is -2.01. The van der Waals surface area contributed by atoms with E-state index in [2.05, 4.69) is 10.2 Å². The molecule has 2 aromatic heterocycles. The van der Waals surface area contributed by atoms with Crippen LogP contribution in [0.3, 0.4) is 0 Å². The maximum atomic E-state index is 11.9. The predicted octanol–water partition coefficient (Wildman–Crippen LogP) is 2.66. The minimum absolute atomic E-state index is 0.194. The zero-order valence-electron chi connectivity index (χ0n) is 10.3. The number of nitrogens with zero attached hydrogens (tertiary/aromatic N) is 1. The van der Waals surface area contributed by atoms with Crippen molar-refractivity contribution in [1.29, 1.82) is 0 Å². The zero-order chi connectivity index (χ0) is 13.9. The Bertz CT molecular complexity index is 762. The lowest BCUT2D eigenvalue weighted by molar-refractivity contribution is 0.0472. The van der Waals surface area contributed by atoms with Gasteiger partial charge in [0.2, 0.25) is 5.78 Å². The van der Waals surface area contributed by atoms with Crippen LogP contribution in [0.4, 0.5) is 0 Å². The number of hydrogen-bond acceptors (Lipinski definition) is 5. The smallest absolute Gasteiger partial charge is 0.359 e. The van der Waals surface area contributed by atoms with Crippen LogP contribution in [0.5, 0.6) is 0 Å². The van der Waals surface area contributed by atoms with E-state index in [0.29, 0.717) is 10.3 Å². The molecule has 0 radical (unpaired) electrons. The second-order valence-corrected chi connectivity index (χ2v) is 5.04. The van der Waals surface area contributed by atoms with Gasteiger partial charge >= 0.3 is 5.97 Å². The molecule has 1 aromatic carbocycles. The average molecular weight is 286 g/mol. The summed E-state index contributed by atoms with van der Waals surface area (Å²) in [5.74, 6) is -0.819. The van der Waals surface area contributed by atoms with Crippen molar-refractivity contribution in [1.82, 2.24) is 10.2 Å². The number of benzene rings is 1. The monoisotopic (exact) mass is 286 g/mol. The Morgan fingerprint density at radius 2 is 2.05 bits per heavy atom. The van der Waals surface area contributed by atoms with E-state index >= 15 is 0 Å². The quantitative estimate of drug-likeness (QED) is 0.591. The fourth-order valence-corrected chi connectivity index (χ4v) is 2.48. The summed E-state index contributed by atoms with van der Waals surface area (Å²) < 4.78 is 5.02. The van der Waals surface area contributed by atoms with Gasteiger partial charge in [0, 0.05) is 5.39 Å². The van der Waals surface area contributed by atoms with Crippen molar-refractivity contribution in [3.63, 3.8) is 0 Å². The van der Waals surface area contributed by atoms with Gasteiger partial charge in [0.15, 0.2) is 12.3 Å². The van der Waals surface area contributed by atoms with Crippen molar-refractivity contribution < 1.29 is 14.3 Å². The molecule has 6 heteroatoms. The second-order valence-electron chi connectivity index (χ2n) is 4.09. The largest absolute Gasteiger partial charge is 0.452 e. The van der Waals surface area contributed by atoms with Crippen LogP contribution in [-0.2, 0) is 4.74 Å². The van der Waals surface area contributed by atoms with Crippen molar-refractivity contribution >= 4 is 34.0 Å². The zero-order valence-corrected chi connectivity index (χ0v) is 11.1. The number of hydrogen-bond donors (Lipinski definition) is 1. The number of carbonyl (C=O) groups excluding carboxylic acids is 2. The molecule has 3 rings (SSSR count). The molecular weight excluding hydrogens is 276 g/mol. The number of ether oxygens (including phenoxy) is 1. The molecule has 3 aromatic rings. The number of aromatic nitrogens is 2. The Labute approximate surface area is 118 Å². The molecule has 0 aliphatic rings. The number of rotatable bonds is 4. The number of H-pyrrole nitrogens is 1. The minimum Gasteiger partial charge on any atom is -0.452 e.